The van der Waals surface area contributed by atoms with Crippen molar-refractivity contribution in [2.24, 2.45) is 5.92 Å². The van der Waals surface area contributed by atoms with E-state index >= 15 is 0 Å². The van der Waals surface area contributed by atoms with Crippen LogP contribution in [0.2, 0.25) is 0 Å². The van der Waals surface area contributed by atoms with Gasteiger partial charge in [-0.15, -0.1) is 0 Å². The first kappa shape index (κ1) is 15.1. The Morgan fingerprint density at radius 1 is 1.47 bits per heavy atom. The first-order chi connectivity index (χ1) is 9.01. The van der Waals surface area contributed by atoms with E-state index in [9.17, 15) is 13.2 Å². The van der Waals surface area contributed by atoms with Gasteiger partial charge in [0.2, 0.25) is 0 Å². The zero-order chi connectivity index (χ0) is 14.0. The van der Waals surface area contributed by atoms with Crippen LogP contribution >= 0.6 is 11.8 Å². The van der Waals surface area contributed by atoms with Gasteiger partial charge >= 0.3 is 5.97 Å². The summed E-state index contributed by atoms with van der Waals surface area (Å²) >= 11 is 1.64. The molecule has 1 heterocycles. The van der Waals surface area contributed by atoms with E-state index in [1.54, 1.807) is 18.7 Å². The van der Waals surface area contributed by atoms with Gasteiger partial charge in [0, 0.05) is 23.8 Å². The molecule has 0 spiro atoms. The van der Waals surface area contributed by atoms with E-state index in [0.717, 1.165) is 18.6 Å². The number of rotatable bonds is 5. The van der Waals surface area contributed by atoms with Crippen molar-refractivity contribution in [3.8, 4) is 0 Å². The third-order valence-corrected chi connectivity index (χ3v) is 7.11. The first-order valence-corrected chi connectivity index (χ1v) is 9.51. The van der Waals surface area contributed by atoms with E-state index < -0.39 is 15.2 Å². The summed E-state index contributed by atoms with van der Waals surface area (Å²) in [6, 6.07) is -0.378. The lowest BCUT2D eigenvalue weighted by Gasteiger charge is -2.39. The van der Waals surface area contributed by atoms with E-state index in [0.29, 0.717) is 12.3 Å². The van der Waals surface area contributed by atoms with Crippen LogP contribution in [0.4, 0.5) is 0 Å². The molecule has 0 radical (unpaired) electrons. The molecule has 5 nitrogen and oxygen atoms in total. The molecule has 1 aliphatic heterocycles. The summed E-state index contributed by atoms with van der Waals surface area (Å²) in [5.41, 5.74) is 0. The number of thioether (sulfide) groups is 1. The maximum atomic E-state index is 12.2. The average Bonchev–Trinajstić information content (AvgIpc) is 3.24. The molecule has 0 aromatic rings. The summed E-state index contributed by atoms with van der Waals surface area (Å²) in [6.07, 6.45) is 1.98. The third-order valence-electron chi connectivity index (χ3n) is 3.81. The molecule has 7 heteroatoms. The highest BCUT2D eigenvalue weighted by Gasteiger charge is 2.46. The predicted molar refractivity (Wildman–Crippen MR) is 75.8 cm³/mol. The smallest absolute Gasteiger partial charge is 0.323 e. The number of carbonyl (C=O) groups excluding carboxylic acids is 1. The topological polar surface area (TPSA) is 63.7 Å². The summed E-state index contributed by atoms with van der Waals surface area (Å²) in [6.45, 7) is 2.31. The number of ether oxygens (including phenoxy) is 1. The SMILES string of the molecule is CCS(=O)(=O)C1CSCCN1C(C(=O)OC)C1CC1. The van der Waals surface area contributed by atoms with Crippen molar-refractivity contribution in [1.82, 2.24) is 4.90 Å². The minimum atomic E-state index is -3.17. The summed E-state index contributed by atoms with van der Waals surface area (Å²) in [7, 11) is -1.79. The molecule has 1 aliphatic carbocycles. The highest BCUT2D eigenvalue weighted by molar-refractivity contribution is 8.01. The summed E-state index contributed by atoms with van der Waals surface area (Å²) in [5, 5.41) is -0.541. The van der Waals surface area contributed by atoms with Crippen LogP contribution in [0.15, 0.2) is 0 Å². The average molecular weight is 307 g/mol. The van der Waals surface area contributed by atoms with Gasteiger partial charge in [0.15, 0.2) is 9.84 Å². The number of hydrogen-bond donors (Lipinski definition) is 0. The lowest BCUT2D eigenvalue weighted by Crippen LogP contribution is -2.56. The molecule has 0 N–H and O–H groups in total. The van der Waals surface area contributed by atoms with Crippen LogP contribution in [0.3, 0.4) is 0 Å². The molecule has 1 saturated heterocycles. The standard InChI is InChI=1S/C12H21NO4S2/c1-3-19(15,16)10-8-18-7-6-13(10)11(9-4-5-9)12(14)17-2/h9-11H,3-8H2,1-2H3. The molecular weight excluding hydrogens is 286 g/mol. The van der Waals surface area contributed by atoms with Crippen LogP contribution in [-0.2, 0) is 19.4 Å². The Morgan fingerprint density at radius 2 is 2.16 bits per heavy atom. The Kier molecular flexibility index (Phi) is 4.79. The van der Waals surface area contributed by atoms with Crippen molar-refractivity contribution >= 4 is 27.6 Å². The highest BCUT2D eigenvalue weighted by Crippen LogP contribution is 2.38. The van der Waals surface area contributed by atoms with Gasteiger partial charge in [0.25, 0.3) is 0 Å². The molecule has 1 saturated carbocycles. The predicted octanol–water partition coefficient (Wildman–Crippen LogP) is 0.748. The monoisotopic (exact) mass is 307 g/mol. The number of methoxy groups -OCH3 is 1. The minimum absolute atomic E-state index is 0.118. The Balaban J connectivity index is 2.24. The third kappa shape index (κ3) is 3.25. The Hall–Kier alpha value is -0.270. The van der Waals surface area contributed by atoms with Crippen molar-refractivity contribution in [3.63, 3.8) is 0 Å². The van der Waals surface area contributed by atoms with Gasteiger partial charge in [0.1, 0.15) is 11.4 Å². The summed E-state index contributed by atoms with van der Waals surface area (Å²) in [4.78, 5) is 13.9. The Bertz CT molecular complexity index is 433. The quantitative estimate of drug-likeness (QED) is 0.698. The zero-order valence-corrected chi connectivity index (χ0v) is 13.0. The van der Waals surface area contributed by atoms with Crippen LogP contribution in [0.5, 0.6) is 0 Å². The van der Waals surface area contributed by atoms with Gasteiger partial charge in [0.05, 0.1) is 7.11 Å². The molecule has 19 heavy (non-hydrogen) atoms. The van der Waals surface area contributed by atoms with Crippen LogP contribution in [0.1, 0.15) is 19.8 Å². The second-order valence-corrected chi connectivity index (χ2v) is 8.62. The number of hydrogen-bond acceptors (Lipinski definition) is 6. The lowest BCUT2D eigenvalue weighted by molar-refractivity contribution is -0.148. The van der Waals surface area contributed by atoms with Crippen molar-refractivity contribution in [3.05, 3.63) is 0 Å². The maximum Gasteiger partial charge on any atom is 0.323 e. The van der Waals surface area contributed by atoms with E-state index in [1.165, 1.54) is 7.11 Å². The molecular formula is C12H21NO4S2. The normalized spacial score (nSPS) is 26.9. The highest BCUT2D eigenvalue weighted by atomic mass is 32.2. The van der Waals surface area contributed by atoms with Crippen molar-refractivity contribution in [1.29, 1.82) is 0 Å². The van der Waals surface area contributed by atoms with Crippen LogP contribution in [0.25, 0.3) is 0 Å². The summed E-state index contributed by atoms with van der Waals surface area (Å²) in [5.74, 6) is 1.52. The van der Waals surface area contributed by atoms with Gasteiger partial charge in [-0.3, -0.25) is 9.69 Å². The molecule has 0 bridgehead atoms. The first-order valence-electron chi connectivity index (χ1n) is 6.64. The van der Waals surface area contributed by atoms with Crippen LogP contribution < -0.4 is 0 Å². The van der Waals surface area contributed by atoms with Crippen molar-refractivity contribution in [2.75, 3.05) is 30.9 Å². The van der Waals surface area contributed by atoms with Gasteiger partial charge in [-0.25, -0.2) is 8.42 Å². The zero-order valence-electron chi connectivity index (χ0n) is 11.4. The molecule has 0 amide bonds. The number of sulfone groups is 1. The molecule has 0 aromatic carbocycles. The van der Waals surface area contributed by atoms with E-state index in [4.69, 9.17) is 4.74 Å². The fraction of sp³-hybridized carbons (Fsp3) is 0.917. The van der Waals surface area contributed by atoms with Gasteiger partial charge < -0.3 is 4.74 Å². The molecule has 110 valence electrons. The second kappa shape index (κ2) is 6.01. The van der Waals surface area contributed by atoms with E-state index in [1.807, 2.05) is 4.90 Å². The molecule has 2 rings (SSSR count). The van der Waals surface area contributed by atoms with Gasteiger partial charge in [-0.2, -0.15) is 11.8 Å². The van der Waals surface area contributed by atoms with Gasteiger partial charge in [-0.1, -0.05) is 6.92 Å². The second-order valence-electron chi connectivity index (χ2n) is 5.02. The molecule has 2 unspecified atom stereocenters. The minimum Gasteiger partial charge on any atom is -0.468 e. The lowest BCUT2D eigenvalue weighted by atomic mass is 10.1. The van der Waals surface area contributed by atoms with E-state index in [-0.39, 0.29) is 23.7 Å². The molecule has 2 fully saturated rings. The fourth-order valence-corrected chi connectivity index (χ4v) is 5.60. The largest absolute Gasteiger partial charge is 0.468 e. The molecule has 0 aromatic heterocycles. The number of nitrogens with zero attached hydrogens (tertiary/aromatic N) is 1. The maximum absolute atomic E-state index is 12.2. The fourth-order valence-electron chi connectivity index (χ4n) is 2.55. The molecule has 2 aliphatic rings. The van der Waals surface area contributed by atoms with Crippen LogP contribution in [-0.4, -0.2) is 61.6 Å². The Labute approximate surface area is 119 Å². The van der Waals surface area contributed by atoms with Crippen molar-refractivity contribution in [2.45, 2.75) is 31.2 Å². The van der Waals surface area contributed by atoms with E-state index in [2.05, 4.69) is 0 Å². The Morgan fingerprint density at radius 3 is 2.68 bits per heavy atom. The van der Waals surface area contributed by atoms with Crippen molar-refractivity contribution < 1.29 is 17.9 Å². The van der Waals surface area contributed by atoms with Crippen LogP contribution in [0, 0.1) is 5.92 Å². The number of carbonyl (C=O) groups is 1. The number of esters is 1. The molecule has 2 atom stereocenters. The van der Waals surface area contributed by atoms with Gasteiger partial charge in [-0.05, 0) is 18.8 Å². The summed E-state index contributed by atoms with van der Waals surface area (Å²) < 4.78 is 29.3.